The maximum Gasteiger partial charge on any atom is 0.267 e. The van der Waals surface area contributed by atoms with Crippen LogP contribution in [-0.4, -0.2) is 23.6 Å². The Hall–Kier alpha value is -3.29. The van der Waals surface area contributed by atoms with Crippen molar-refractivity contribution in [3.05, 3.63) is 59.7 Å². The molecule has 0 saturated carbocycles. The van der Waals surface area contributed by atoms with Gasteiger partial charge in [-0.3, -0.25) is 9.59 Å². The number of nitrogens with zero attached hydrogens (tertiary/aromatic N) is 1. The first-order valence-electron chi connectivity index (χ1n) is 8.10. The SMILES string of the molecule is CC(=O)Nc1ccc(C(C)=NOC(C)C(=O)Nc2ccc(F)c(F)c2)cc1. The van der Waals surface area contributed by atoms with E-state index in [1.165, 1.54) is 19.9 Å². The monoisotopic (exact) mass is 375 g/mol. The van der Waals surface area contributed by atoms with E-state index in [0.717, 1.165) is 17.7 Å². The van der Waals surface area contributed by atoms with Gasteiger partial charge < -0.3 is 15.5 Å². The molecule has 1 atom stereocenters. The van der Waals surface area contributed by atoms with Crippen molar-refractivity contribution in [2.24, 2.45) is 5.16 Å². The second-order valence-corrected chi connectivity index (χ2v) is 5.80. The Kier molecular flexibility index (Phi) is 6.59. The lowest BCUT2D eigenvalue weighted by atomic mass is 10.1. The summed E-state index contributed by atoms with van der Waals surface area (Å²) in [6, 6.07) is 9.98. The summed E-state index contributed by atoms with van der Waals surface area (Å²) in [5.41, 5.74) is 2.04. The van der Waals surface area contributed by atoms with Crippen molar-refractivity contribution in [2.75, 3.05) is 10.6 Å². The highest BCUT2D eigenvalue weighted by molar-refractivity contribution is 5.99. The standard InChI is InChI=1S/C19H19F2N3O3/c1-11(14-4-6-15(7-5-14)22-13(3)25)24-27-12(2)19(26)23-16-8-9-17(20)18(21)10-16/h4-10,12H,1-3H3,(H,22,25)(H,23,26). The molecule has 0 radical (unpaired) electrons. The molecule has 2 rings (SSSR count). The molecule has 0 aliphatic rings. The molecule has 142 valence electrons. The van der Waals surface area contributed by atoms with Crippen LogP contribution >= 0.6 is 0 Å². The molecule has 0 spiro atoms. The molecule has 0 fully saturated rings. The molecule has 2 amide bonds. The summed E-state index contributed by atoms with van der Waals surface area (Å²) < 4.78 is 26.1. The first-order valence-corrected chi connectivity index (χ1v) is 8.10. The molecule has 0 aliphatic carbocycles. The average molecular weight is 375 g/mol. The van der Waals surface area contributed by atoms with Crippen LogP contribution in [0, 0.1) is 11.6 Å². The van der Waals surface area contributed by atoms with Gasteiger partial charge in [0.15, 0.2) is 11.6 Å². The average Bonchev–Trinajstić information content (AvgIpc) is 2.62. The third-order valence-electron chi connectivity index (χ3n) is 3.53. The van der Waals surface area contributed by atoms with Crippen molar-refractivity contribution in [1.82, 2.24) is 0 Å². The molecule has 0 heterocycles. The minimum Gasteiger partial charge on any atom is -0.382 e. The number of nitrogens with one attached hydrogen (secondary N) is 2. The van der Waals surface area contributed by atoms with Crippen LogP contribution in [-0.2, 0) is 14.4 Å². The second kappa shape index (κ2) is 8.88. The van der Waals surface area contributed by atoms with Crippen molar-refractivity contribution >= 4 is 28.9 Å². The van der Waals surface area contributed by atoms with Crippen molar-refractivity contribution in [3.8, 4) is 0 Å². The van der Waals surface area contributed by atoms with E-state index in [1.54, 1.807) is 31.2 Å². The zero-order valence-electron chi connectivity index (χ0n) is 15.0. The summed E-state index contributed by atoms with van der Waals surface area (Å²) in [6.45, 7) is 4.60. The largest absolute Gasteiger partial charge is 0.382 e. The summed E-state index contributed by atoms with van der Waals surface area (Å²) in [4.78, 5) is 28.2. The zero-order valence-corrected chi connectivity index (χ0v) is 15.0. The van der Waals surface area contributed by atoms with Gasteiger partial charge in [-0.15, -0.1) is 0 Å². The highest BCUT2D eigenvalue weighted by atomic mass is 19.2. The number of amides is 2. The predicted octanol–water partition coefficient (Wildman–Crippen LogP) is 3.69. The minimum absolute atomic E-state index is 0.114. The van der Waals surface area contributed by atoms with Crippen LogP contribution in [0.2, 0.25) is 0 Å². The molecule has 27 heavy (non-hydrogen) atoms. The van der Waals surface area contributed by atoms with E-state index < -0.39 is 23.6 Å². The lowest BCUT2D eigenvalue weighted by Crippen LogP contribution is -2.26. The lowest BCUT2D eigenvalue weighted by molar-refractivity contribution is -0.126. The number of rotatable bonds is 6. The fourth-order valence-electron chi connectivity index (χ4n) is 2.07. The number of oxime groups is 1. The highest BCUT2D eigenvalue weighted by Gasteiger charge is 2.15. The number of anilines is 2. The summed E-state index contributed by atoms with van der Waals surface area (Å²) in [6.07, 6.45) is -0.952. The smallest absolute Gasteiger partial charge is 0.267 e. The van der Waals surface area contributed by atoms with Gasteiger partial charge in [0.05, 0.1) is 5.71 Å². The van der Waals surface area contributed by atoms with Crippen molar-refractivity contribution in [3.63, 3.8) is 0 Å². The molecular weight excluding hydrogens is 356 g/mol. The van der Waals surface area contributed by atoms with E-state index in [9.17, 15) is 18.4 Å². The maximum atomic E-state index is 13.2. The van der Waals surface area contributed by atoms with Crippen LogP contribution in [0.4, 0.5) is 20.2 Å². The fraction of sp³-hybridized carbons (Fsp3) is 0.211. The number of hydrogen-bond donors (Lipinski definition) is 2. The Balaban J connectivity index is 1.95. The molecule has 1 unspecified atom stereocenters. The number of carbonyl (C=O) groups is 2. The number of carbonyl (C=O) groups excluding carboxylic acids is 2. The zero-order chi connectivity index (χ0) is 20.0. The molecule has 2 N–H and O–H groups in total. The first kappa shape index (κ1) is 20.0. The molecule has 2 aromatic carbocycles. The van der Waals surface area contributed by atoms with Crippen LogP contribution in [0.25, 0.3) is 0 Å². The fourth-order valence-corrected chi connectivity index (χ4v) is 2.07. The van der Waals surface area contributed by atoms with Crippen molar-refractivity contribution in [2.45, 2.75) is 26.9 Å². The van der Waals surface area contributed by atoms with Gasteiger partial charge in [0.2, 0.25) is 12.0 Å². The first-order chi connectivity index (χ1) is 12.8. The summed E-state index contributed by atoms with van der Waals surface area (Å²) in [7, 11) is 0. The van der Waals surface area contributed by atoms with Crippen molar-refractivity contribution in [1.29, 1.82) is 0 Å². The van der Waals surface area contributed by atoms with Crippen LogP contribution in [0.1, 0.15) is 26.3 Å². The second-order valence-electron chi connectivity index (χ2n) is 5.80. The Morgan fingerprint density at radius 1 is 0.963 bits per heavy atom. The van der Waals surface area contributed by atoms with Crippen molar-refractivity contribution < 1.29 is 23.2 Å². The minimum atomic E-state index is -1.06. The number of hydrogen-bond acceptors (Lipinski definition) is 4. The van der Waals surface area contributed by atoms with E-state index in [-0.39, 0.29) is 11.6 Å². The van der Waals surface area contributed by atoms with E-state index in [4.69, 9.17) is 4.84 Å². The number of benzene rings is 2. The highest BCUT2D eigenvalue weighted by Crippen LogP contribution is 2.14. The molecule has 6 nitrogen and oxygen atoms in total. The summed E-state index contributed by atoms with van der Waals surface area (Å²) >= 11 is 0. The maximum absolute atomic E-state index is 13.2. The van der Waals surface area contributed by atoms with Crippen LogP contribution < -0.4 is 10.6 Å². The molecule has 0 aromatic heterocycles. The van der Waals surface area contributed by atoms with Gasteiger partial charge in [-0.05, 0) is 43.7 Å². The quantitative estimate of drug-likeness (QED) is 0.597. The lowest BCUT2D eigenvalue weighted by Gasteiger charge is -2.12. The van der Waals surface area contributed by atoms with E-state index in [1.807, 2.05) is 0 Å². The molecular formula is C19H19F2N3O3. The molecule has 0 aliphatic heterocycles. The Morgan fingerprint density at radius 2 is 1.59 bits per heavy atom. The van der Waals surface area contributed by atoms with Crippen LogP contribution in [0.5, 0.6) is 0 Å². The number of halogens is 2. The van der Waals surface area contributed by atoms with E-state index in [0.29, 0.717) is 11.4 Å². The van der Waals surface area contributed by atoms with E-state index >= 15 is 0 Å². The van der Waals surface area contributed by atoms with E-state index in [2.05, 4.69) is 15.8 Å². The Morgan fingerprint density at radius 3 is 2.19 bits per heavy atom. The Labute approximate surface area is 155 Å². The van der Waals surface area contributed by atoms with Gasteiger partial charge >= 0.3 is 0 Å². The molecule has 2 aromatic rings. The summed E-state index contributed by atoms with van der Waals surface area (Å²) in [5, 5.41) is 8.99. The van der Waals surface area contributed by atoms with Gasteiger partial charge in [0.25, 0.3) is 5.91 Å². The third-order valence-corrected chi connectivity index (χ3v) is 3.53. The van der Waals surface area contributed by atoms with Gasteiger partial charge in [-0.2, -0.15) is 0 Å². The summed E-state index contributed by atoms with van der Waals surface area (Å²) in [5.74, 6) is -2.78. The van der Waals surface area contributed by atoms with Gasteiger partial charge in [-0.25, -0.2) is 8.78 Å². The molecule has 8 heteroatoms. The topological polar surface area (TPSA) is 79.8 Å². The van der Waals surface area contributed by atoms with Gasteiger partial charge in [0.1, 0.15) is 0 Å². The van der Waals surface area contributed by atoms with Crippen LogP contribution in [0.3, 0.4) is 0 Å². The Bertz CT molecular complexity index is 867. The van der Waals surface area contributed by atoms with Crippen LogP contribution in [0.15, 0.2) is 47.6 Å². The normalized spacial score (nSPS) is 12.3. The molecule has 0 saturated heterocycles. The molecule has 0 bridgehead atoms. The third kappa shape index (κ3) is 5.88. The predicted molar refractivity (Wildman–Crippen MR) is 98.5 cm³/mol. The van der Waals surface area contributed by atoms with Gasteiger partial charge in [-0.1, -0.05) is 17.3 Å². The van der Waals surface area contributed by atoms with Gasteiger partial charge in [0, 0.05) is 24.4 Å².